The molecule has 0 unspecified atom stereocenters. The third-order valence-corrected chi connectivity index (χ3v) is 2.25. The minimum atomic E-state index is -0.250. The summed E-state index contributed by atoms with van der Waals surface area (Å²) in [5, 5.41) is 11.2. The van der Waals surface area contributed by atoms with E-state index in [0.29, 0.717) is 10.0 Å². The first-order chi connectivity index (χ1) is 7.60. The predicted octanol–water partition coefficient (Wildman–Crippen LogP) is 2.96. The summed E-state index contributed by atoms with van der Waals surface area (Å²) in [5.74, 6) is 0. The molecule has 1 saturated heterocycles. The molecule has 1 aliphatic heterocycles. The molecule has 0 bridgehead atoms. The summed E-state index contributed by atoms with van der Waals surface area (Å²) in [7, 11) is 0. The van der Waals surface area contributed by atoms with Crippen LogP contribution in [0.3, 0.4) is 0 Å². The second-order valence-electron chi connectivity index (χ2n) is 2.84. The molecule has 0 radical (unpaired) electrons. The number of benzene rings is 1. The Hall–Kier alpha value is -0.420. The molecule has 90 valence electrons. The highest BCUT2D eigenvalue weighted by Crippen LogP contribution is 2.20. The van der Waals surface area contributed by atoms with Gasteiger partial charge in [0.15, 0.2) is 0 Å². The van der Waals surface area contributed by atoms with Crippen molar-refractivity contribution in [2.45, 2.75) is 11.3 Å². The van der Waals surface area contributed by atoms with Crippen LogP contribution in [-0.2, 0) is 4.79 Å². The third-order valence-electron chi connectivity index (χ3n) is 1.55. The van der Waals surface area contributed by atoms with Crippen molar-refractivity contribution >= 4 is 42.3 Å². The predicted molar refractivity (Wildman–Crippen MR) is 69.9 cm³/mol. The van der Waals surface area contributed by atoms with Crippen LogP contribution in [0, 0.1) is 0 Å². The van der Waals surface area contributed by atoms with Crippen molar-refractivity contribution in [3.63, 3.8) is 0 Å². The molecule has 1 heterocycles. The Morgan fingerprint density at radius 1 is 1.25 bits per heavy atom. The van der Waals surface area contributed by atoms with Gasteiger partial charge in [-0.25, -0.2) is 0 Å². The van der Waals surface area contributed by atoms with E-state index in [-0.39, 0.29) is 6.47 Å². The van der Waals surface area contributed by atoms with E-state index >= 15 is 0 Å². The van der Waals surface area contributed by atoms with Crippen molar-refractivity contribution in [2.75, 3.05) is 13.1 Å². The molecule has 0 aromatic heterocycles. The van der Waals surface area contributed by atoms with Gasteiger partial charge in [0.05, 0.1) is 0 Å². The number of carbonyl (C=O) groups is 1. The lowest BCUT2D eigenvalue weighted by atomic mass is 10.3. The molecule has 1 aromatic carbocycles. The number of rotatable bonds is 0. The van der Waals surface area contributed by atoms with E-state index in [4.69, 9.17) is 33.1 Å². The first kappa shape index (κ1) is 15.6. The van der Waals surface area contributed by atoms with Gasteiger partial charge in [-0.3, -0.25) is 4.79 Å². The largest absolute Gasteiger partial charge is 0.483 e. The average Bonchev–Trinajstić information content (AvgIpc) is 1.97. The zero-order chi connectivity index (χ0) is 12.4. The first-order valence-corrected chi connectivity index (χ1v) is 5.74. The fraction of sp³-hybridized carbons (Fsp3) is 0.300. The maximum atomic E-state index is 8.36. The molecule has 1 aromatic rings. The normalized spacial score (nSPS) is 12.2. The maximum absolute atomic E-state index is 8.36. The van der Waals surface area contributed by atoms with Crippen molar-refractivity contribution in [2.24, 2.45) is 0 Å². The van der Waals surface area contributed by atoms with E-state index in [1.807, 2.05) is 0 Å². The van der Waals surface area contributed by atoms with Crippen molar-refractivity contribution in [3.8, 4) is 0 Å². The van der Waals surface area contributed by atoms with E-state index in [2.05, 4.69) is 17.9 Å². The van der Waals surface area contributed by atoms with E-state index < -0.39 is 0 Å². The lowest BCUT2D eigenvalue weighted by Crippen LogP contribution is -2.29. The Morgan fingerprint density at radius 2 is 1.56 bits per heavy atom. The van der Waals surface area contributed by atoms with E-state index in [9.17, 15) is 0 Å². The van der Waals surface area contributed by atoms with Gasteiger partial charge in [0.25, 0.3) is 6.47 Å². The second kappa shape index (κ2) is 9.78. The van der Waals surface area contributed by atoms with Gasteiger partial charge in [0.2, 0.25) is 0 Å². The number of thiol groups is 1. The summed E-state index contributed by atoms with van der Waals surface area (Å²) >= 11 is 15.3. The molecule has 2 N–H and O–H groups in total. The van der Waals surface area contributed by atoms with Gasteiger partial charge in [-0.05, 0) is 37.7 Å². The number of hydrogen-bond donors (Lipinski definition) is 3. The fourth-order valence-electron chi connectivity index (χ4n) is 0.716. The molecule has 0 atom stereocenters. The SMILES string of the molecule is C1CNC1.O=CO.Sc1cc(Cl)cc(Cl)c1. The zero-order valence-electron chi connectivity index (χ0n) is 8.49. The van der Waals surface area contributed by atoms with Crippen LogP contribution in [0.1, 0.15) is 6.42 Å². The molecule has 16 heavy (non-hydrogen) atoms. The summed E-state index contributed by atoms with van der Waals surface area (Å²) in [4.78, 5) is 9.15. The Balaban J connectivity index is 0.000000266. The highest BCUT2D eigenvalue weighted by Gasteiger charge is 1.92. The van der Waals surface area contributed by atoms with Gasteiger partial charge in [0.1, 0.15) is 0 Å². The number of nitrogens with one attached hydrogen (secondary N) is 1. The van der Waals surface area contributed by atoms with E-state index in [1.54, 1.807) is 18.2 Å². The third kappa shape index (κ3) is 8.85. The molecule has 1 fully saturated rings. The van der Waals surface area contributed by atoms with Crippen LogP contribution in [0.25, 0.3) is 0 Å². The standard InChI is InChI=1S/C6H4Cl2S.C3H7N.CH2O2/c7-4-1-5(8)3-6(9)2-4;1-2-4-3-1;2-1-3/h1-3,9H;4H,1-3H2;1H,(H,2,3). The van der Waals surface area contributed by atoms with Crippen LogP contribution < -0.4 is 5.32 Å². The van der Waals surface area contributed by atoms with Crippen LogP contribution in [-0.4, -0.2) is 24.7 Å². The maximum Gasteiger partial charge on any atom is 0.290 e. The van der Waals surface area contributed by atoms with Gasteiger partial charge in [-0.15, -0.1) is 12.6 Å². The molecule has 2 rings (SSSR count). The van der Waals surface area contributed by atoms with Crippen LogP contribution in [0.15, 0.2) is 23.1 Å². The van der Waals surface area contributed by atoms with Gasteiger partial charge in [0, 0.05) is 14.9 Å². The summed E-state index contributed by atoms with van der Waals surface area (Å²) in [6, 6.07) is 5.13. The molecular weight excluding hydrogens is 269 g/mol. The lowest BCUT2D eigenvalue weighted by molar-refractivity contribution is -0.122. The Morgan fingerprint density at radius 3 is 1.75 bits per heavy atom. The van der Waals surface area contributed by atoms with Crippen molar-refractivity contribution in [1.29, 1.82) is 0 Å². The molecule has 3 nitrogen and oxygen atoms in total. The Labute approximate surface area is 110 Å². The van der Waals surface area contributed by atoms with Crippen LogP contribution >= 0.6 is 35.8 Å². The second-order valence-corrected chi connectivity index (χ2v) is 4.23. The average molecular weight is 282 g/mol. The summed E-state index contributed by atoms with van der Waals surface area (Å²) in [6.45, 7) is 2.25. The number of halogens is 2. The molecule has 0 saturated carbocycles. The summed E-state index contributed by atoms with van der Waals surface area (Å²) in [6.07, 6.45) is 1.39. The molecule has 1 aliphatic rings. The minimum Gasteiger partial charge on any atom is -0.483 e. The molecule has 0 spiro atoms. The van der Waals surface area contributed by atoms with Crippen LogP contribution in [0.4, 0.5) is 0 Å². The quantitative estimate of drug-likeness (QED) is 0.506. The number of carboxylic acid groups (broad SMARTS) is 1. The highest BCUT2D eigenvalue weighted by molar-refractivity contribution is 7.80. The molecule has 6 heteroatoms. The van der Waals surface area contributed by atoms with Gasteiger partial charge in [-0.2, -0.15) is 0 Å². The fourth-order valence-corrected chi connectivity index (χ4v) is 1.67. The minimum absolute atomic E-state index is 0.250. The zero-order valence-corrected chi connectivity index (χ0v) is 10.9. The van der Waals surface area contributed by atoms with Gasteiger partial charge >= 0.3 is 0 Å². The number of hydrogen-bond acceptors (Lipinski definition) is 3. The monoisotopic (exact) mass is 281 g/mol. The summed E-state index contributed by atoms with van der Waals surface area (Å²) < 4.78 is 0. The first-order valence-electron chi connectivity index (χ1n) is 4.53. The lowest BCUT2D eigenvalue weighted by Gasteiger charge is -2.09. The Bertz CT molecular complexity index is 265. The molecule has 0 amide bonds. The summed E-state index contributed by atoms with van der Waals surface area (Å²) in [5.41, 5.74) is 0. The smallest absolute Gasteiger partial charge is 0.290 e. The van der Waals surface area contributed by atoms with Crippen LogP contribution in [0.2, 0.25) is 10.0 Å². The van der Waals surface area contributed by atoms with Gasteiger partial charge < -0.3 is 10.4 Å². The van der Waals surface area contributed by atoms with E-state index in [0.717, 1.165) is 4.90 Å². The highest BCUT2D eigenvalue weighted by atomic mass is 35.5. The topological polar surface area (TPSA) is 49.3 Å². The van der Waals surface area contributed by atoms with Crippen molar-refractivity contribution in [3.05, 3.63) is 28.2 Å². The van der Waals surface area contributed by atoms with Crippen molar-refractivity contribution < 1.29 is 9.90 Å². The van der Waals surface area contributed by atoms with E-state index in [1.165, 1.54) is 19.5 Å². The van der Waals surface area contributed by atoms with Crippen molar-refractivity contribution in [1.82, 2.24) is 5.32 Å². The van der Waals surface area contributed by atoms with Gasteiger partial charge in [-0.1, -0.05) is 23.2 Å². The Kier molecular flexibility index (Phi) is 9.52. The van der Waals surface area contributed by atoms with Crippen LogP contribution in [0.5, 0.6) is 0 Å². The molecular formula is C10H13Cl2NO2S. The molecule has 0 aliphatic carbocycles.